The van der Waals surface area contributed by atoms with Gasteiger partial charge in [0.25, 0.3) is 0 Å². The largest absolute Gasteiger partial charge is 0.306 e. The van der Waals surface area contributed by atoms with Crippen LogP contribution in [0.15, 0.2) is 24.3 Å². The van der Waals surface area contributed by atoms with Crippen LogP contribution in [0.3, 0.4) is 0 Å². The summed E-state index contributed by atoms with van der Waals surface area (Å²) >= 11 is 0. The van der Waals surface area contributed by atoms with E-state index in [1.807, 2.05) is 0 Å². The quantitative estimate of drug-likeness (QED) is 0.712. The second-order valence-corrected chi connectivity index (χ2v) is 5.56. The van der Waals surface area contributed by atoms with Gasteiger partial charge in [0, 0.05) is 19.5 Å². The van der Waals surface area contributed by atoms with E-state index in [9.17, 15) is 4.79 Å². The molecule has 0 heterocycles. The van der Waals surface area contributed by atoms with Gasteiger partial charge in [-0.15, -0.1) is 0 Å². The van der Waals surface area contributed by atoms with Crippen LogP contribution in [0.5, 0.6) is 0 Å². The molecule has 1 rings (SSSR count). The summed E-state index contributed by atoms with van der Waals surface area (Å²) in [6.07, 6.45) is 2.89. The summed E-state index contributed by atoms with van der Waals surface area (Å²) in [6, 6.07) is 8.97. The first-order valence-electron chi connectivity index (χ1n) is 7.29. The lowest BCUT2D eigenvalue weighted by atomic mass is 9.97. The lowest BCUT2D eigenvalue weighted by Crippen LogP contribution is -2.23. The molecule has 106 valence electrons. The fourth-order valence-corrected chi connectivity index (χ4v) is 2.03. The zero-order chi connectivity index (χ0) is 14.3. The van der Waals surface area contributed by atoms with E-state index >= 15 is 0 Å². The van der Waals surface area contributed by atoms with Crippen molar-refractivity contribution in [2.24, 2.45) is 0 Å². The average Bonchev–Trinajstić information content (AvgIpc) is 2.42. The smallest absolute Gasteiger partial charge is 0.131 e. The van der Waals surface area contributed by atoms with Crippen LogP contribution in [-0.2, 0) is 11.2 Å². The maximum atomic E-state index is 10.9. The molecule has 1 aromatic rings. The van der Waals surface area contributed by atoms with E-state index < -0.39 is 0 Å². The number of benzene rings is 1. The number of carbonyl (C=O) groups is 1. The second-order valence-electron chi connectivity index (χ2n) is 5.56. The Morgan fingerprint density at radius 1 is 1.21 bits per heavy atom. The van der Waals surface area contributed by atoms with Crippen LogP contribution in [0.1, 0.15) is 50.7 Å². The van der Waals surface area contributed by atoms with E-state index in [4.69, 9.17) is 0 Å². The monoisotopic (exact) mass is 261 g/mol. The predicted molar refractivity (Wildman–Crippen MR) is 81.6 cm³/mol. The molecule has 1 aromatic carbocycles. The number of likely N-dealkylation sites (N-methyl/N-ethyl adjacent to an activating group) is 1. The summed E-state index contributed by atoms with van der Waals surface area (Å²) in [4.78, 5) is 13.2. The summed E-state index contributed by atoms with van der Waals surface area (Å²) < 4.78 is 0. The first-order chi connectivity index (χ1) is 9.02. The van der Waals surface area contributed by atoms with E-state index in [1.54, 1.807) is 6.92 Å². The van der Waals surface area contributed by atoms with Crippen molar-refractivity contribution in [1.82, 2.24) is 4.90 Å². The first-order valence-corrected chi connectivity index (χ1v) is 7.29. The van der Waals surface area contributed by atoms with E-state index in [0.29, 0.717) is 12.3 Å². The zero-order valence-corrected chi connectivity index (χ0v) is 12.8. The van der Waals surface area contributed by atoms with E-state index in [2.05, 4.69) is 50.1 Å². The van der Waals surface area contributed by atoms with Gasteiger partial charge in [-0.2, -0.15) is 0 Å². The highest BCUT2D eigenvalue weighted by molar-refractivity contribution is 5.75. The molecule has 0 bridgehead atoms. The van der Waals surface area contributed by atoms with Gasteiger partial charge in [-0.25, -0.2) is 0 Å². The molecule has 0 saturated heterocycles. The third-order valence-corrected chi connectivity index (χ3v) is 3.79. The summed E-state index contributed by atoms with van der Waals surface area (Å²) in [6.45, 7) is 8.02. The van der Waals surface area contributed by atoms with Crippen LogP contribution in [0.25, 0.3) is 0 Å². The van der Waals surface area contributed by atoms with Gasteiger partial charge in [-0.3, -0.25) is 4.79 Å². The van der Waals surface area contributed by atoms with Crippen molar-refractivity contribution < 1.29 is 4.79 Å². The SMILES string of the molecule is CCC(C)c1ccc(CCN(C)CCC(C)=O)cc1. The van der Waals surface area contributed by atoms with E-state index in [0.717, 1.165) is 19.5 Å². The molecule has 0 fully saturated rings. The number of rotatable bonds is 8. The average molecular weight is 261 g/mol. The molecule has 0 aliphatic carbocycles. The summed E-state index contributed by atoms with van der Waals surface area (Å²) in [5.74, 6) is 0.914. The molecule has 0 spiro atoms. The Morgan fingerprint density at radius 3 is 2.37 bits per heavy atom. The molecule has 0 saturated carbocycles. The topological polar surface area (TPSA) is 20.3 Å². The molecular weight excluding hydrogens is 234 g/mol. The molecular formula is C17H27NO. The van der Waals surface area contributed by atoms with Crippen LogP contribution in [-0.4, -0.2) is 30.8 Å². The van der Waals surface area contributed by atoms with Crippen molar-refractivity contribution in [3.05, 3.63) is 35.4 Å². The third kappa shape index (κ3) is 6.02. The Kier molecular flexibility index (Phi) is 6.79. The molecule has 0 amide bonds. The van der Waals surface area contributed by atoms with Gasteiger partial charge < -0.3 is 4.90 Å². The minimum atomic E-state index is 0.268. The van der Waals surface area contributed by atoms with Gasteiger partial charge >= 0.3 is 0 Å². The molecule has 0 aliphatic heterocycles. The minimum absolute atomic E-state index is 0.268. The molecule has 0 radical (unpaired) electrons. The van der Waals surface area contributed by atoms with Gasteiger partial charge in [-0.1, -0.05) is 38.1 Å². The fourth-order valence-electron chi connectivity index (χ4n) is 2.03. The normalized spacial score (nSPS) is 12.7. The maximum Gasteiger partial charge on any atom is 0.131 e. The highest BCUT2D eigenvalue weighted by atomic mass is 16.1. The lowest BCUT2D eigenvalue weighted by Gasteiger charge is -2.16. The van der Waals surface area contributed by atoms with Crippen LogP contribution in [0.2, 0.25) is 0 Å². The first kappa shape index (κ1) is 15.9. The van der Waals surface area contributed by atoms with Crippen molar-refractivity contribution in [2.45, 2.75) is 46.0 Å². The van der Waals surface area contributed by atoms with Crippen molar-refractivity contribution >= 4 is 5.78 Å². The number of hydrogen-bond acceptors (Lipinski definition) is 2. The number of ketones is 1. The Hall–Kier alpha value is -1.15. The Bertz CT molecular complexity index is 383. The van der Waals surface area contributed by atoms with Gasteiger partial charge in [-0.05, 0) is 43.9 Å². The fraction of sp³-hybridized carbons (Fsp3) is 0.588. The maximum absolute atomic E-state index is 10.9. The van der Waals surface area contributed by atoms with Gasteiger partial charge in [0.05, 0.1) is 0 Å². The highest BCUT2D eigenvalue weighted by Crippen LogP contribution is 2.18. The molecule has 1 unspecified atom stereocenters. The Labute approximate surface area is 117 Å². The Balaban J connectivity index is 2.39. The number of carbonyl (C=O) groups excluding carboxylic acids is 1. The minimum Gasteiger partial charge on any atom is -0.306 e. The van der Waals surface area contributed by atoms with Gasteiger partial charge in [0.15, 0.2) is 0 Å². The number of Topliss-reactive ketones (excluding diaryl/α,β-unsaturated/α-hetero) is 1. The molecule has 1 atom stereocenters. The third-order valence-electron chi connectivity index (χ3n) is 3.79. The van der Waals surface area contributed by atoms with Crippen molar-refractivity contribution in [3.63, 3.8) is 0 Å². The van der Waals surface area contributed by atoms with Crippen molar-refractivity contribution in [1.29, 1.82) is 0 Å². The predicted octanol–water partition coefficient (Wildman–Crippen LogP) is 3.65. The molecule has 19 heavy (non-hydrogen) atoms. The molecule has 2 heteroatoms. The summed E-state index contributed by atoms with van der Waals surface area (Å²) in [5.41, 5.74) is 2.80. The van der Waals surface area contributed by atoms with Crippen LogP contribution < -0.4 is 0 Å². The van der Waals surface area contributed by atoms with E-state index in [-0.39, 0.29) is 5.78 Å². The zero-order valence-electron chi connectivity index (χ0n) is 12.8. The summed E-state index contributed by atoms with van der Waals surface area (Å²) in [5, 5.41) is 0. The van der Waals surface area contributed by atoms with Crippen LogP contribution >= 0.6 is 0 Å². The van der Waals surface area contributed by atoms with Crippen molar-refractivity contribution in [2.75, 3.05) is 20.1 Å². The van der Waals surface area contributed by atoms with Crippen molar-refractivity contribution in [3.8, 4) is 0 Å². The number of nitrogens with zero attached hydrogens (tertiary/aromatic N) is 1. The van der Waals surface area contributed by atoms with E-state index in [1.165, 1.54) is 17.5 Å². The summed E-state index contributed by atoms with van der Waals surface area (Å²) in [7, 11) is 2.08. The molecule has 2 nitrogen and oxygen atoms in total. The molecule has 0 N–H and O–H groups in total. The number of hydrogen-bond donors (Lipinski definition) is 0. The van der Waals surface area contributed by atoms with Gasteiger partial charge in [0.1, 0.15) is 5.78 Å². The second kappa shape index (κ2) is 8.11. The Morgan fingerprint density at radius 2 is 1.84 bits per heavy atom. The van der Waals surface area contributed by atoms with Crippen LogP contribution in [0.4, 0.5) is 0 Å². The standard InChI is InChI=1S/C17H27NO/c1-5-14(2)17-8-6-16(7-9-17)11-13-18(4)12-10-15(3)19/h6-9,14H,5,10-13H2,1-4H3. The molecule has 0 aromatic heterocycles. The lowest BCUT2D eigenvalue weighted by molar-refractivity contribution is -0.117. The molecule has 0 aliphatic rings. The highest BCUT2D eigenvalue weighted by Gasteiger charge is 2.04. The van der Waals surface area contributed by atoms with Gasteiger partial charge in [0.2, 0.25) is 0 Å². The van der Waals surface area contributed by atoms with Crippen LogP contribution in [0, 0.1) is 0 Å².